The molecule has 14 heavy (non-hydrogen) atoms. The van der Waals surface area contributed by atoms with Crippen molar-refractivity contribution in [1.29, 1.82) is 0 Å². The van der Waals surface area contributed by atoms with Gasteiger partial charge in [0.15, 0.2) is 5.16 Å². The van der Waals surface area contributed by atoms with E-state index in [0.29, 0.717) is 0 Å². The van der Waals surface area contributed by atoms with Crippen LogP contribution in [0.3, 0.4) is 0 Å². The second-order valence-electron chi connectivity index (χ2n) is 3.00. The quantitative estimate of drug-likeness (QED) is 0.535. The minimum atomic E-state index is 0.808. The van der Waals surface area contributed by atoms with Gasteiger partial charge in [-0.2, -0.15) is 0 Å². The third kappa shape index (κ3) is 2.61. The molecule has 0 aliphatic carbocycles. The highest BCUT2D eigenvalue weighted by atomic mass is 32.2. The van der Waals surface area contributed by atoms with Gasteiger partial charge >= 0.3 is 0 Å². The molecule has 0 saturated carbocycles. The molecule has 0 amide bonds. The van der Waals surface area contributed by atoms with Gasteiger partial charge in [0.25, 0.3) is 0 Å². The van der Waals surface area contributed by atoms with Crippen molar-refractivity contribution in [2.45, 2.75) is 38.4 Å². The van der Waals surface area contributed by atoms with E-state index >= 15 is 0 Å². The Balaban J connectivity index is 2.80. The summed E-state index contributed by atoms with van der Waals surface area (Å²) in [6.07, 6.45) is 3.97. The second-order valence-corrected chi connectivity index (χ2v) is 4.06. The Hall–Kier alpha value is -0.770. The molecule has 1 aromatic heterocycles. The van der Waals surface area contributed by atoms with Crippen molar-refractivity contribution in [2.24, 2.45) is 0 Å². The van der Waals surface area contributed by atoms with Crippen LogP contribution in [-0.4, -0.2) is 20.5 Å². The lowest BCUT2D eigenvalue weighted by atomic mass is 10.4. The van der Waals surface area contributed by atoms with E-state index in [0.717, 1.165) is 36.1 Å². The molecule has 0 N–H and O–H groups in total. The Bertz CT molecular complexity index is 294. The molecule has 3 nitrogen and oxygen atoms in total. The summed E-state index contributed by atoms with van der Waals surface area (Å²) in [5.41, 5.74) is 0. The summed E-state index contributed by atoms with van der Waals surface area (Å²) in [5.74, 6) is 2.14. The highest BCUT2D eigenvalue weighted by Gasteiger charge is 2.08. The molecule has 0 atom stereocenters. The zero-order valence-corrected chi connectivity index (χ0v) is 9.68. The maximum Gasteiger partial charge on any atom is 0.191 e. The van der Waals surface area contributed by atoms with Crippen LogP contribution < -0.4 is 0 Å². The van der Waals surface area contributed by atoms with Gasteiger partial charge in [0, 0.05) is 18.7 Å². The molecule has 0 fully saturated rings. The summed E-state index contributed by atoms with van der Waals surface area (Å²) < 4.78 is 2.13. The molecule has 0 unspecified atom stereocenters. The lowest BCUT2D eigenvalue weighted by Gasteiger charge is -2.05. The molecule has 0 aliphatic rings. The van der Waals surface area contributed by atoms with Crippen LogP contribution in [0, 0.1) is 0 Å². The standard InChI is InChI=1S/C10H17N3S/c1-4-7-13-9(6-3)11-12-10(13)14-8-5-2/h4H,1,5-8H2,2-3H3. The van der Waals surface area contributed by atoms with Crippen molar-refractivity contribution >= 4 is 11.8 Å². The van der Waals surface area contributed by atoms with Crippen molar-refractivity contribution < 1.29 is 0 Å². The Kier molecular flexibility index (Phi) is 4.73. The van der Waals surface area contributed by atoms with Crippen LogP contribution in [0.2, 0.25) is 0 Å². The van der Waals surface area contributed by atoms with Gasteiger partial charge in [-0.05, 0) is 6.42 Å². The van der Waals surface area contributed by atoms with E-state index in [1.165, 1.54) is 0 Å². The summed E-state index contributed by atoms with van der Waals surface area (Å²) in [6, 6.07) is 0. The van der Waals surface area contributed by atoms with Crippen molar-refractivity contribution in [1.82, 2.24) is 14.8 Å². The van der Waals surface area contributed by atoms with Crippen molar-refractivity contribution in [3.05, 3.63) is 18.5 Å². The van der Waals surface area contributed by atoms with Crippen molar-refractivity contribution in [2.75, 3.05) is 5.75 Å². The van der Waals surface area contributed by atoms with Gasteiger partial charge in [-0.25, -0.2) is 0 Å². The molecule has 78 valence electrons. The lowest BCUT2D eigenvalue weighted by Crippen LogP contribution is -2.02. The minimum Gasteiger partial charge on any atom is -0.302 e. The first-order chi connectivity index (χ1) is 6.83. The van der Waals surface area contributed by atoms with E-state index in [1.807, 2.05) is 6.08 Å². The largest absolute Gasteiger partial charge is 0.302 e. The van der Waals surface area contributed by atoms with E-state index in [2.05, 4.69) is 35.2 Å². The maximum atomic E-state index is 4.17. The van der Waals surface area contributed by atoms with E-state index in [1.54, 1.807) is 11.8 Å². The molecule has 0 aromatic carbocycles. The number of nitrogens with zero attached hydrogens (tertiary/aromatic N) is 3. The van der Waals surface area contributed by atoms with E-state index in [-0.39, 0.29) is 0 Å². The molecular formula is C10H17N3S. The predicted octanol–water partition coefficient (Wildman–Crippen LogP) is 2.53. The van der Waals surface area contributed by atoms with Gasteiger partial charge in [-0.15, -0.1) is 16.8 Å². The number of hydrogen-bond acceptors (Lipinski definition) is 3. The summed E-state index contributed by atoms with van der Waals surface area (Å²) in [5, 5.41) is 9.34. The fourth-order valence-corrected chi connectivity index (χ4v) is 2.01. The summed E-state index contributed by atoms with van der Waals surface area (Å²) in [7, 11) is 0. The summed E-state index contributed by atoms with van der Waals surface area (Å²) in [4.78, 5) is 0. The number of hydrogen-bond donors (Lipinski definition) is 0. The fourth-order valence-electron chi connectivity index (χ4n) is 1.19. The van der Waals surface area contributed by atoms with Crippen LogP contribution in [0.15, 0.2) is 17.8 Å². The molecule has 0 spiro atoms. The molecule has 0 bridgehead atoms. The Labute approximate surface area is 89.6 Å². The normalized spacial score (nSPS) is 10.4. The Morgan fingerprint density at radius 3 is 2.79 bits per heavy atom. The van der Waals surface area contributed by atoms with Crippen LogP contribution >= 0.6 is 11.8 Å². The second kappa shape index (κ2) is 5.86. The molecule has 0 aliphatic heterocycles. The van der Waals surface area contributed by atoms with Gasteiger partial charge in [-0.3, -0.25) is 0 Å². The van der Waals surface area contributed by atoms with Crippen LogP contribution in [0.4, 0.5) is 0 Å². The molecule has 4 heteroatoms. The van der Waals surface area contributed by atoms with Gasteiger partial charge in [0.05, 0.1) is 0 Å². The first-order valence-corrected chi connectivity index (χ1v) is 5.97. The zero-order valence-electron chi connectivity index (χ0n) is 8.86. The van der Waals surface area contributed by atoms with Crippen LogP contribution in [0.5, 0.6) is 0 Å². The average Bonchev–Trinajstić information content (AvgIpc) is 2.58. The minimum absolute atomic E-state index is 0.808. The molecular weight excluding hydrogens is 194 g/mol. The van der Waals surface area contributed by atoms with Gasteiger partial charge in [-0.1, -0.05) is 31.7 Å². The van der Waals surface area contributed by atoms with E-state index in [4.69, 9.17) is 0 Å². The van der Waals surface area contributed by atoms with Gasteiger partial charge in [0.2, 0.25) is 0 Å². The molecule has 0 saturated heterocycles. The summed E-state index contributed by atoms with van der Waals surface area (Å²) in [6.45, 7) is 8.82. The zero-order chi connectivity index (χ0) is 10.4. The van der Waals surface area contributed by atoms with Gasteiger partial charge in [0.1, 0.15) is 5.82 Å². The van der Waals surface area contributed by atoms with Gasteiger partial charge < -0.3 is 4.57 Å². The smallest absolute Gasteiger partial charge is 0.191 e. The van der Waals surface area contributed by atoms with Crippen molar-refractivity contribution in [3.8, 4) is 0 Å². The van der Waals surface area contributed by atoms with Crippen molar-refractivity contribution in [3.63, 3.8) is 0 Å². The number of aryl methyl sites for hydroxylation is 1. The molecule has 1 aromatic rings. The Morgan fingerprint density at radius 2 is 2.21 bits per heavy atom. The molecule has 0 radical (unpaired) electrons. The SMILES string of the molecule is C=CCn1c(CC)nnc1SCCC. The van der Waals surface area contributed by atoms with Crippen LogP contribution in [-0.2, 0) is 13.0 Å². The maximum absolute atomic E-state index is 4.17. The fraction of sp³-hybridized carbons (Fsp3) is 0.600. The lowest BCUT2D eigenvalue weighted by molar-refractivity contribution is 0.685. The van der Waals surface area contributed by atoms with Crippen LogP contribution in [0.25, 0.3) is 0 Å². The first-order valence-electron chi connectivity index (χ1n) is 4.99. The number of thioether (sulfide) groups is 1. The third-order valence-electron chi connectivity index (χ3n) is 1.86. The first kappa shape index (κ1) is 11.3. The molecule has 1 heterocycles. The van der Waals surface area contributed by atoms with E-state index < -0.39 is 0 Å². The summed E-state index contributed by atoms with van der Waals surface area (Å²) >= 11 is 1.76. The predicted molar refractivity (Wildman–Crippen MR) is 60.6 cm³/mol. The molecule has 1 rings (SSSR count). The number of rotatable bonds is 6. The highest BCUT2D eigenvalue weighted by molar-refractivity contribution is 7.99. The van der Waals surface area contributed by atoms with Crippen LogP contribution in [0.1, 0.15) is 26.1 Å². The monoisotopic (exact) mass is 211 g/mol. The average molecular weight is 211 g/mol. The highest BCUT2D eigenvalue weighted by Crippen LogP contribution is 2.17. The number of aromatic nitrogens is 3. The Morgan fingerprint density at radius 1 is 1.43 bits per heavy atom. The third-order valence-corrected chi connectivity index (χ3v) is 3.03. The van der Waals surface area contributed by atoms with E-state index in [9.17, 15) is 0 Å². The number of allylic oxidation sites excluding steroid dienone is 1. The topological polar surface area (TPSA) is 30.7 Å².